The van der Waals surface area contributed by atoms with Gasteiger partial charge in [-0.25, -0.2) is 4.98 Å². The van der Waals surface area contributed by atoms with Crippen LogP contribution < -0.4 is 9.47 Å². The van der Waals surface area contributed by atoms with Gasteiger partial charge in [-0.2, -0.15) is 0 Å². The van der Waals surface area contributed by atoms with Crippen molar-refractivity contribution in [3.05, 3.63) is 70.2 Å². The number of thiazole rings is 1. The number of hydrogen-bond acceptors (Lipinski definition) is 6. The first kappa shape index (κ1) is 19.0. The van der Waals surface area contributed by atoms with Gasteiger partial charge in [-0.15, -0.1) is 11.3 Å². The normalized spacial score (nSPS) is 13.9. The van der Waals surface area contributed by atoms with Crippen molar-refractivity contribution in [3.8, 4) is 22.8 Å². The summed E-state index contributed by atoms with van der Waals surface area (Å²) < 4.78 is 10.6. The summed E-state index contributed by atoms with van der Waals surface area (Å²) in [7, 11) is 3.26. The van der Waals surface area contributed by atoms with Gasteiger partial charge in [0.25, 0.3) is 0 Å². The Balaban J connectivity index is 1.55. The summed E-state index contributed by atoms with van der Waals surface area (Å²) in [6.07, 6.45) is 0. The van der Waals surface area contributed by atoms with Crippen LogP contribution in [0, 0.1) is 5.41 Å². The van der Waals surface area contributed by atoms with Crippen LogP contribution in [0.5, 0.6) is 11.5 Å². The van der Waals surface area contributed by atoms with Crippen molar-refractivity contribution in [3.63, 3.8) is 0 Å². The number of para-hydroxylation sites is 1. The van der Waals surface area contributed by atoms with E-state index < -0.39 is 0 Å². The second-order valence-electron chi connectivity index (χ2n) is 6.60. The summed E-state index contributed by atoms with van der Waals surface area (Å²) in [4.78, 5) is 6.48. The molecule has 148 valence electrons. The average molecular weight is 407 g/mol. The van der Waals surface area contributed by atoms with Crippen molar-refractivity contribution in [1.29, 1.82) is 5.41 Å². The number of benzene rings is 2. The summed E-state index contributed by atoms with van der Waals surface area (Å²) in [5, 5.41) is 21.7. The SMILES string of the molecule is COc1ccc(-c2csc(C3=C(O)CN(Cc4ccccc4OC)C3=N)n2)cc1. The van der Waals surface area contributed by atoms with E-state index in [1.54, 1.807) is 14.2 Å². The molecule has 6 nitrogen and oxygen atoms in total. The summed E-state index contributed by atoms with van der Waals surface area (Å²) in [5.41, 5.74) is 3.23. The zero-order valence-electron chi connectivity index (χ0n) is 16.2. The van der Waals surface area contributed by atoms with Crippen molar-refractivity contribution in [2.45, 2.75) is 6.54 Å². The first-order valence-electron chi connectivity index (χ1n) is 9.09. The van der Waals surface area contributed by atoms with E-state index in [4.69, 9.17) is 14.9 Å². The number of aliphatic hydroxyl groups is 1. The third-order valence-corrected chi connectivity index (χ3v) is 5.70. The van der Waals surface area contributed by atoms with Crippen LogP contribution in [-0.4, -0.2) is 41.6 Å². The number of aromatic nitrogens is 1. The van der Waals surface area contributed by atoms with Crippen LogP contribution in [0.2, 0.25) is 0 Å². The van der Waals surface area contributed by atoms with Gasteiger partial charge in [0.05, 0.1) is 32.0 Å². The molecule has 4 rings (SSSR count). The third-order valence-electron chi connectivity index (χ3n) is 4.84. The lowest BCUT2D eigenvalue weighted by Crippen LogP contribution is -2.26. The number of ether oxygens (including phenoxy) is 2. The van der Waals surface area contributed by atoms with E-state index in [1.807, 2.05) is 58.8 Å². The van der Waals surface area contributed by atoms with E-state index in [0.717, 1.165) is 28.3 Å². The quantitative estimate of drug-likeness (QED) is 0.625. The number of hydrogen-bond donors (Lipinski definition) is 2. The molecule has 2 N–H and O–H groups in total. The number of nitrogens with zero attached hydrogens (tertiary/aromatic N) is 2. The molecule has 0 radical (unpaired) electrons. The second-order valence-corrected chi connectivity index (χ2v) is 7.46. The van der Waals surface area contributed by atoms with Crippen molar-refractivity contribution in [2.24, 2.45) is 0 Å². The Hall–Kier alpha value is -3.32. The summed E-state index contributed by atoms with van der Waals surface area (Å²) in [6, 6.07) is 15.4. The molecule has 1 aliphatic rings. The van der Waals surface area contributed by atoms with Gasteiger partial charge in [-0.1, -0.05) is 18.2 Å². The molecule has 0 spiro atoms. The van der Waals surface area contributed by atoms with Crippen LogP contribution in [0.15, 0.2) is 59.7 Å². The molecule has 29 heavy (non-hydrogen) atoms. The molecular formula is C22H21N3O3S. The third kappa shape index (κ3) is 3.69. The number of rotatable bonds is 6. The highest BCUT2D eigenvalue weighted by Crippen LogP contribution is 2.34. The molecule has 1 aromatic heterocycles. The second kappa shape index (κ2) is 7.97. The highest BCUT2D eigenvalue weighted by Gasteiger charge is 2.30. The first-order chi connectivity index (χ1) is 14.1. The molecule has 0 saturated heterocycles. The number of nitrogens with one attached hydrogen (secondary N) is 1. The van der Waals surface area contributed by atoms with Gasteiger partial charge >= 0.3 is 0 Å². The fourth-order valence-corrected chi connectivity index (χ4v) is 4.21. The molecule has 3 aromatic rings. The van der Waals surface area contributed by atoms with Gasteiger partial charge in [0.2, 0.25) is 0 Å². The Morgan fingerprint density at radius 1 is 1.10 bits per heavy atom. The van der Waals surface area contributed by atoms with E-state index in [9.17, 15) is 5.11 Å². The van der Waals surface area contributed by atoms with E-state index >= 15 is 0 Å². The molecule has 2 aromatic carbocycles. The van der Waals surface area contributed by atoms with Crippen molar-refractivity contribution in [2.75, 3.05) is 20.8 Å². The molecule has 0 unspecified atom stereocenters. The van der Waals surface area contributed by atoms with Gasteiger partial charge in [0, 0.05) is 23.1 Å². The smallest absolute Gasteiger partial charge is 0.135 e. The fourth-order valence-electron chi connectivity index (χ4n) is 3.32. The molecule has 1 aliphatic heterocycles. The van der Waals surface area contributed by atoms with Gasteiger partial charge in [0.1, 0.15) is 28.1 Å². The molecule has 2 heterocycles. The summed E-state index contributed by atoms with van der Waals surface area (Å²) >= 11 is 1.42. The molecular weight excluding hydrogens is 386 g/mol. The van der Waals surface area contributed by atoms with Crippen LogP contribution in [0.4, 0.5) is 0 Å². The molecule has 0 saturated carbocycles. The van der Waals surface area contributed by atoms with E-state index in [-0.39, 0.29) is 18.1 Å². The number of aliphatic hydroxyl groups excluding tert-OH is 1. The standard InChI is InChI=1S/C22H21N3O3S/c1-27-16-9-7-14(8-10-16)17-13-29-22(24-17)20-18(26)12-25(21(20)23)11-15-5-3-4-6-19(15)28-2/h3-10,13,23,26H,11-12H2,1-2H3. The van der Waals surface area contributed by atoms with Crippen LogP contribution in [0.1, 0.15) is 10.6 Å². The average Bonchev–Trinajstić information content (AvgIpc) is 3.33. The largest absolute Gasteiger partial charge is 0.510 e. The van der Waals surface area contributed by atoms with Crippen LogP contribution in [0.3, 0.4) is 0 Å². The summed E-state index contributed by atoms with van der Waals surface area (Å²) in [5.74, 6) is 1.99. The van der Waals surface area contributed by atoms with Gasteiger partial charge < -0.3 is 19.5 Å². The lowest BCUT2D eigenvalue weighted by atomic mass is 10.1. The maximum atomic E-state index is 10.6. The number of methoxy groups -OCH3 is 2. The van der Waals surface area contributed by atoms with Crippen molar-refractivity contribution >= 4 is 22.7 Å². The fraction of sp³-hybridized carbons (Fsp3) is 0.182. The Labute approximate surface area is 173 Å². The number of amidine groups is 1. The maximum Gasteiger partial charge on any atom is 0.135 e. The predicted octanol–water partition coefficient (Wildman–Crippen LogP) is 4.59. The Kier molecular flexibility index (Phi) is 5.22. The molecule has 0 bridgehead atoms. The Morgan fingerprint density at radius 3 is 2.59 bits per heavy atom. The van der Waals surface area contributed by atoms with E-state index in [0.29, 0.717) is 17.1 Å². The molecule has 0 aliphatic carbocycles. The zero-order chi connectivity index (χ0) is 20.4. The summed E-state index contributed by atoms with van der Waals surface area (Å²) in [6.45, 7) is 0.761. The highest BCUT2D eigenvalue weighted by atomic mass is 32.1. The van der Waals surface area contributed by atoms with Gasteiger partial charge in [-0.05, 0) is 30.3 Å². The topological polar surface area (TPSA) is 78.7 Å². The van der Waals surface area contributed by atoms with Crippen molar-refractivity contribution in [1.82, 2.24) is 9.88 Å². The monoisotopic (exact) mass is 407 g/mol. The maximum absolute atomic E-state index is 10.6. The minimum Gasteiger partial charge on any atom is -0.510 e. The molecule has 0 fully saturated rings. The molecule has 0 atom stereocenters. The van der Waals surface area contributed by atoms with E-state index in [1.165, 1.54) is 11.3 Å². The minimum absolute atomic E-state index is 0.167. The first-order valence-corrected chi connectivity index (χ1v) is 9.97. The highest BCUT2D eigenvalue weighted by molar-refractivity contribution is 7.11. The van der Waals surface area contributed by atoms with Gasteiger partial charge in [0.15, 0.2) is 0 Å². The van der Waals surface area contributed by atoms with Gasteiger partial charge in [-0.3, -0.25) is 5.41 Å². The van der Waals surface area contributed by atoms with Crippen molar-refractivity contribution < 1.29 is 14.6 Å². The van der Waals surface area contributed by atoms with Crippen LogP contribution in [0.25, 0.3) is 16.8 Å². The minimum atomic E-state index is 0.167. The zero-order valence-corrected chi connectivity index (χ0v) is 17.0. The lowest BCUT2D eigenvalue weighted by Gasteiger charge is -2.20. The van der Waals surface area contributed by atoms with Crippen LogP contribution >= 0.6 is 11.3 Å². The Bertz CT molecular complexity index is 1070. The predicted molar refractivity (Wildman–Crippen MR) is 115 cm³/mol. The molecule has 7 heteroatoms. The van der Waals surface area contributed by atoms with E-state index in [2.05, 4.69) is 4.98 Å². The van der Waals surface area contributed by atoms with Crippen LogP contribution in [-0.2, 0) is 6.54 Å². The Morgan fingerprint density at radius 2 is 1.86 bits per heavy atom. The lowest BCUT2D eigenvalue weighted by molar-refractivity contribution is 0.341. The molecule has 0 amide bonds.